The summed E-state index contributed by atoms with van der Waals surface area (Å²) in [6.07, 6.45) is 10.3. The van der Waals surface area contributed by atoms with Gasteiger partial charge in [-0.3, -0.25) is 4.79 Å². The lowest BCUT2D eigenvalue weighted by Gasteiger charge is -2.56. The third-order valence-corrected chi connectivity index (χ3v) is 7.16. The number of hydrogen-bond acceptors (Lipinski definition) is 2. The Morgan fingerprint density at radius 1 is 1.19 bits per heavy atom. The molecule has 26 heavy (non-hydrogen) atoms. The number of hydrogen-bond donors (Lipinski definition) is 0. The van der Waals surface area contributed by atoms with Crippen LogP contribution in [0.15, 0.2) is 11.6 Å². The first-order valence-electron chi connectivity index (χ1n) is 10.1. The number of fused-ring (bicyclic) bond motifs is 3. The van der Waals surface area contributed by atoms with Crippen LogP contribution in [0, 0.1) is 33.8 Å². The van der Waals surface area contributed by atoms with Crippen LogP contribution in [0.25, 0.3) is 0 Å². The van der Waals surface area contributed by atoms with Crippen molar-refractivity contribution in [3.8, 4) is 11.2 Å². The summed E-state index contributed by atoms with van der Waals surface area (Å²) in [6, 6.07) is 0. The van der Waals surface area contributed by atoms with Crippen molar-refractivity contribution < 1.29 is 4.79 Å². The number of rotatable bonds is 0. The van der Waals surface area contributed by atoms with E-state index >= 15 is 0 Å². The SMILES string of the molecule is C.CC.CC.CC1C(=O)CCC2(C)C3=CCCCC3(C#CSI)CCC12. The summed E-state index contributed by atoms with van der Waals surface area (Å²) in [4.78, 5) is 12.2. The number of allylic oxidation sites excluding steroid dienone is 2. The van der Waals surface area contributed by atoms with E-state index in [1.165, 1.54) is 25.7 Å². The van der Waals surface area contributed by atoms with Crippen molar-refractivity contribution in [1.29, 1.82) is 0 Å². The third-order valence-electron chi connectivity index (χ3n) is 6.32. The second-order valence-electron chi connectivity index (χ2n) is 7.21. The lowest BCUT2D eigenvalue weighted by molar-refractivity contribution is -0.131. The Hall–Kier alpha value is 0.0500. The Balaban J connectivity index is 0.00000117. The summed E-state index contributed by atoms with van der Waals surface area (Å²) in [5, 5.41) is 3.29. The van der Waals surface area contributed by atoms with Gasteiger partial charge in [-0.1, -0.05) is 61.0 Å². The molecule has 0 aromatic rings. The van der Waals surface area contributed by atoms with E-state index in [9.17, 15) is 4.79 Å². The van der Waals surface area contributed by atoms with Gasteiger partial charge in [0.15, 0.2) is 0 Å². The van der Waals surface area contributed by atoms with E-state index < -0.39 is 0 Å². The number of carbonyl (C=O) groups is 1. The fraction of sp³-hybridized carbons (Fsp3) is 0.783. The Bertz CT molecular complexity index is 544. The van der Waals surface area contributed by atoms with Crippen LogP contribution in [0.2, 0.25) is 0 Å². The number of carbonyl (C=O) groups excluding carboxylic acids is 1. The quantitative estimate of drug-likeness (QED) is 0.193. The Morgan fingerprint density at radius 2 is 1.85 bits per heavy atom. The predicted octanol–water partition coefficient (Wildman–Crippen LogP) is 8.23. The second-order valence-corrected chi connectivity index (χ2v) is 8.89. The molecular formula is C23H39IOS. The molecule has 0 saturated heterocycles. The van der Waals surface area contributed by atoms with Gasteiger partial charge < -0.3 is 0 Å². The molecule has 0 radical (unpaired) electrons. The fourth-order valence-corrected chi connectivity index (χ4v) is 5.77. The standard InChI is InChI=1S/C18H23IOS.2C2H6.CH4/c1-13-14-6-10-18(11-12-21-19)8-4-3-5-16(18)17(14,2)9-7-15(13)20;2*1-2;/h5,13-14H,3-4,6-10H2,1-2H3;2*1-2H3;1H4. The zero-order valence-electron chi connectivity index (χ0n) is 16.9. The smallest absolute Gasteiger partial charge is 0.136 e. The van der Waals surface area contributed by atoms with E-state index in [1.54, 1.807) is 14.5 Å². The van der Waals surface area contributed by atoms with Crippen LogP contribution in [0.5, 0.6) is 0 Å². The summed E-state index contributed by atoms with van der Waals surface area (Å²) in [5.74, 6) is 4.87. The highest BCUT2D eigenvalue weighted by molar-refractivity contribution is 14.2. The normalized spacial score (nSPS) is 34.6. The van der Waals surface area contributed by atoms with Gasteiger partial charge in [-0.05, 0) is 69.6 Å². The molecule has 0 bridgehead atoms. The van der Waals surface area contributed by atoms with Gasteiger partial charge in [0.2, 0.25) is 0 Å². The fourth-order valence-electron chi connectivity index (χ4n) is 5.21. The molecule has 2 saturated carbocycles. The highest BCUT2D eigenvalue weighted by atomic mass is 127. The van der Waals surface area contributed by atoms with E-state index in [0.717, 1.165) is 19.3 Å². The molecule has 0 spiro atoms. The van der Waals surface area contributed by atoms with Gasteiger partial charge in [0, 0.05) is 33.5 Å². The minimum Gasteiger partial charge on any atom is -0.299 e. The summed E-state index contributed by atoms with van der Waals surface area (Å²) in [5.41, 5.74) is 1.91. The first-order chi connectivity index (χ1) is 12.0. The predicted molar refractivity (Wildman–Crippen MR) is 127 cm³/mol. The third kappa shape index (κ3) is 4.90. The van der Waals surface area contributed by atoms with Crippen LogP contribution in [0.4, 0.5) is 0 Å². The van der Waals surface area contributed by atoms with Gasteiger partial charge in [0.05, 0.1) is 5.41 Å². The molecule has 0 heterocycles. The van der Waals surface area contributed by atoms with Gasteiger partial charge in [0.25, 0.3) is 0 Å². The first kappa shape index (κ1) is 26.1. The minimum atomic E-state index is 0. The van der Waals surface area contributed by atoms with E-state index in [-0.39, 0.29) is 24.2 Å². The van der Waals surface area contributed by atoms with Crippen LogP contribution < -0.4 is 0 Å². The molecule has 4 atom stereocenters. The van der Waals surface area contributed by atoms with Gasteiger partial charge in [-0.15, -0.1) is 0 Å². The van der Waals surface area contributed by atoms with E-state index in [0.29, 0.717) is 11.7 Å². The summed E-state index contributed by atoms with van der Waals surface area (Å²) in [7, 11) is 1.60. The molecule has 150 valence electrons. The molecule has 2 fully saturated rings. The van der Waals surface area contributed by atoms with Crippen molar-refractivity contribution in [2.45, 2.75) is 93.9 Å². The van der Waals surface area contributed by atoms with Crippen molar-refractivity contribution in [3.63, 3.8) is 0 Å². The summed E-state index contributed by atoms with van der Waals surface area (Å²) < 4.78 is 0. The van der Waals surface area contributed by atoms with E-state index in [4.69, 9.17) is 0 Å². The lowest BCUT2D eigenvalue weighted by Crippen LogP contribution is -2.50. The molecule has 0 aromatic heterocycles. The highest BCUT2D eigenvalue weighted by Crippen LogP contribution is 2.62. The van der Waals surface area contributed by atoms with Gasteiger partial charge in [-0.25, -0.2) is 0 Å². The molecule has 0 aliphatic heterocycles. The average molecular weight is 491 g/mol. The highest BCUT2D eigenvalue weighted by Gasteiger charge is 2.55. The van der Waals surface area contributed by atoms with E-state index in [2.05, 4.69) is 52.3 Å². The Kier molecular flexibility index (Phi) is 11.8. The summed E-state index contributed by atoms with van der Waals surface area (Å²) >= 11 is 2.27. The molecule has 3 rings (SSSR count). The Morgan fingerprint density at radius 3 is 2.46 bits per heavy atom. The zero-order valence-corrected chi connectivity index (χ0v) is 19.9. The van der Waals surface area contributed by atoms with E-state index in [1.807, 2.05) is 27.7 Å². The van der Waals surface area contributed by atoms with Crippen molar-refractivity contribution in [3.05, 3.63) is 11.6 Å². The minimum absolute atomic E-state index is 0. The van der Waals surface area contributed by atoms with Crippen LogP contribution >= 0.6 is 30.1 Å². The van der Waals surface area contributed by atoms with Gasteiger partial charge in [-0.2, -0.15) is 0 Å². The Labute approximate surface area is 179 Å². The van der Waals surface area contributed by atoms with Crippen LogP contribution in [0.3, 0.4) is 0 Å². The second kappa shape index (κ2) is 11.8. The molecule has 3 aliphatic rings. The average Bonchev–Trinajstić information content (AvgIpc) is 2.67. The maximum absolute atomic E-state index is 12.2. The molecule has 4 unspecified atom stereocenters. The maximum Gasteiger partial charge on any atom is 0.136 e. The first-order valence-corrected chi connectivity index (χ1v) is 13.4. The van der Waals surface area contributed by atoms with Crippen LogP contribution in [-0.2, 0) is 4.79 Å². The number of ketones is 1. The number of Topliss-reactive ketones (excluding diaryl/α,β-unsaturated/α-hetero) is 1. The number of halogens is 1. The van der Waals surface area contributed by atoms with Crippen molar-refractivity contribution >= 4 is 35.9 Å². The van der Waals surface area contributed by atoms with Gasteiger partial charge >= 0.3 is 0 Å². The zero-order chi connectivity index (χ0) is 19.1. The van der Waals surface area contributed by atoms with Gasteiger partial charge in [0.1, 0.15) is 5.78 Å². The largest absolute Gasteiger partial charge is 0.299 e. The molecule has 3 aliphatic carbocycles. The molecule has 0 N–H and O–H groups in total. The van der Waals surface area contributed by atoms with Crippen LogP contribution in [0.1, 0.15) is 93.9 Å². The summed E-state index contributed by atoms with van der Waals surface area (Å²) in [6.45, 7) is 12.6. The maximum atomic E-state index is 12.2. The molecule has 1 nitrogen and oxygen atoms in total. The molecular weight excluding hydrogens is 451 g/mol. The van der Waals surface area contributed by atoms with Crippen LogP contribution in [-0.4, -0.2) is 5.78 Å². The molecule has 0 aromatic carbocycles. The topological polar surface area (TPSA) is 17.1 Å². The van der Waals surface area contributed by atoms with Crippen molar-refractivity contribution in [2.75, 3.05) is 0 Å². The molecule has 3 heteroatoms. The van der Waals surface area contributed by atoms with Crippen molar-refractivity contribution in [2.24, 2.45) is 22.7 Å². The lowest BCUT2D eigenvalue weighted by atomic mass is 9.47. The molecule has 0 amide bonds. The monoisotopic (exact) mass is 490 g/mol. The van der Waals surface area contributed by atoms with Crippen molar-refractivity contribution in [1.82, 2.24) is 0 Å².